The van der Waals surface area contributed by atoms with Crippen molar-refractivity contribution >= 4 is 23.9 Å². The summed E-state index contributed by atoms with van der Waals surface area (Å²) in [5, 5.41) is 19.1. The highest BCUT2D eigenvalue weighted by Gasteiger charge is 2.19. The summed E-state index contributed by atoms with van der Waals surface area (Å²) >= 11 is 0. The third-order valence-corrected chi connectivity index (χ3v) is 5.53. The summed E-state index contributed by atoms with van der Waals surface area (Å²) in [6, 6.07) is 27.4. The summed E-state index contributed by atoms with van der Waals surface area (Å²) in [6.45, 7) is 1.75. The van der Waals surface area contributed by atoms with E-state index >= 15 is 0 Å². The molecule has 174 valence electrons. The number of benzene rings is 4. The van der Waals surface area contributed by atoms with Crippen LogP contribution >= 0.6 is 0 Å². The standard InChI is InChI=1S/C30H24O5/c1-20(24-8-5-9-25(18-24)29(33)23-6-3-2-4-7-23)30(34)35-28-14-12-21(13-15-28)10-11-22-16-26(31)19-27(32)17-22/h2-20,31-32H,1H3/b11-10+. The molecule has 0 radical (unpaired) electrons. The minimum absolute atomic E-state index is 0.0176. The van der Waals surface area contributed by atoms with Crippen molar-refractivity contribution in [1.82, 2.24) is 0 Å². The van der Waals surface area contributed by atoms with E-state index in [1.807, 2.05) is 24.3 Å². The molecule has 4 aromatic carbocycles. The Morgan fingerprint density at radius 2 is 1.34 bits per heavy atom. The number of ether oxygens (including phenoxy) is 1. The van der Waals surface area contributed by atoms with Crippen molar-refractivity contribution < 1.29 is 24.5 Å². The monoisotopic (exact) mass is 464 g/mol. The van der Waals surface area contributed by atoms with Crippen LogP contribution in [0.2, 0.25) is 0 Å². The first-order valence-electron chi connectivity index (χ1n) is 11.1. The number of ketones is 1. The van der Waals surface area contributed by atoms with Gasteiger partial charge in [-0.2, -0.15) is 0 Å². The van der Waals surface area contributed by atoms with Gasteiger partial charge in [0.05, 0.1) is 5.92 Å². The summed E-state index contributed by atoms with van der Waals surface area (Å²) in [5.74, 6) is -0.709. The van der Waals surface area contributed by atoms with Crippen LogP contribution in [0.3, 0.4) is 0 Å². The highest BCUT2D eigenvalue weighted by molar-refractivity contribution is 6.09. The molecule has 0 spiro atoms. The summed E-state index contributed by atoms with van der Waals surface area (Å²) < 4.78 is 5.55. The highest BCUT2D eigenvalue weighted by Crippen LogP contribution is 2.24. The number of esters is 1. The lowest BCUT2D eigenvalue weighted by Crippen LogP contribution is -2.16. The van der Waals surface area contributed by atoms with E-state index in [4.69, 9.17) is 4.74 Å². The molecule has 1 unspecified atom stereocenters. The van der Waals surface area contributed by atoms with E-state index in [9.17, 15) is 19.8 Å². The van der Waals surface area contributed by atoms with Crippen LogP contribution in [0.1, 0.15) is 45.5 Å². The van der Waals surface area contributed by atoms with Gasteiger partial charge >= 0.3 is 5.97 Å². The maximum atomic E-state index is 12.8. The van der Waals surface area contributed by atoms with Gasteiger partial charge in [0.25, 0.3) is 0 Å². The molecule has 2 N–H and O–H groups in total. The van der Waals surface area contributed by atoms with Gasteiger partial charge in [0.15, 0.2) is 5.78 Å². The first-order valence-corrected chi connectivity index (χ1v) is 11.1. The van der Waals surface area contributed by atoms with Crippen molar-refractivity contribution in [1.29, 1.82) is 0 Å². The number of carbonyl (C=O) groups is 2. The number of rotatable bonds is 7. The molecule has 0 fully saturated rings. The van der Waals surface area contributed by atoms with Crippen LogP contribution in [0.5, 0.6) is 17.2 Å². The van der Waals surface area contributed by atoms with Crippen molar-refractivity contribution in [3.63, 3.8) is 0 Å². The molecular formula is C30H24O5. The van der Waals surface area contributed by atoms with Gasteiger partial charge in [-0.3, -0.25) is 9.59 Å². The minimum atomic E-state index is -0.559. The van der Waals surface area contributed by atoms with Crippen LogP contribution in [-0.4, -0.2) is 22.0 Å². The zero-order chi connectivity index (χ0) is 24.8. The predicted octanol–water partition coefficient (Wildman–Crippen LogP) is 6.21. The van der Waals surface area contributed by atoms with Gasteiger partial charge in [-0.25, -0.2) is 0 Å². The molecule has 35 heavy (non-hydrogen) atoms. The van der Waals surface area contributed by atoms with Crippen molar-refractivity contribution in [2.45, 2.75) is 12.8 Å². The molecule has 0 amide bonds. The molecule has 0 aliphatic carbocycles. The smallest absolute Gasteiger partial charge is 0.318 e. The molecule has 4 aromatic rings. The predicted molar refractivity (Wildman–Crippen MR) is 136 cm³/mol. The van der Waals surface area contributed by atoms with Gasteiger partial charge in [0.2, 0.25) is 0 Å². The van der Waals surface area contributed by atoms with Gasteiger partial charge in [0, 0.05) is 17.2 Å². The molecule has 0 aromatic heterocycles. The molecule has 5 heteroatoms. The first kappa shape index (κ1) is 23.5. The van der Waals surface area contributed by atoms with Crippen molar-refractivity contribution in [2.75, 3.05) is 0 Å². The Balaban J connectivity index is 1.41. The maximum absolute atomic E-state index is 12.8. The third-order valence-electron chi connectivity index (χ3n) is 5.53. The fourth-order valence-electron chi connectivity index (χ4n) is 3.60. The van der Waals surface area contributed by atoms with Crippen LogP contribution in [-0.2, 0) is 4.79 Å². The fraction of sp³-hybridized carbons (Fsp3) is 0.0667. The average Bonchev–Trinajstić information content (AvgIpc) is 2.87. The number of carbonyl (C=O) groups excluding carboxylic acids is 2. The van der Waals surface area contributed by atoms with E-state index in [1.165, 1.54) is 18.2 Å². The van der Waals surface area contributed by atoms with Gasteiger partial charge in [-0.1, -0.05) is 72.8 Å². The van der Waals surface area contributed by atoms with E-state index in [0.29, 0.717) is 28.0 Å². The van der Waals surface area contributed by atoms with E-state index < -0.39 is 11.9 Å². The second kappa shape index (κ2) is 10.5. The Bertz CT molecular complexity index is 1350. The minimum Gasteiger partial charge on any atom is -0.508 e. The number of aromatic hydroxyl groups is 2. The Labute approximate surface area is 203 Å². The lowest BCUT2D eigenvalue weighted by atomic mass is 9.96. The van der Waals surface area contributed by atoms with Crippen LogP contribution in [0.4, 0.5) is 0 Å². The van der Waals surface area contributed by atoms with E-state index in [2.05, 4.69) is 0 Å². The van der Waals surface area contributed by atoms with Crippen LogP contribution in [0.15, 0.2) is 97.1 Å². The van der Waals surface area contributed by atoms with Crippen molar-refractivity contribution in [2.24, 2.45) is 0 Å². The fourth-order valence-corrected chi connectivity index (χ4v) is 3.60. The van der Waals surface area contributed by atoms with Gasteiger partial charge in [-0.05, 0) is 53.9 Å². The first-order chi connectivity index (χ1) is 16.9. The molecule has 0 aliphatic heterocycles. The lowest BCUT2D eigenvalue weighted by molar-refractivity contribution is -0.135. The van der Waals surface area contributed by atoms with Crippen LogP contribution in [0.25, 0.3) is 12.2 Å². The zero-order valence-electron chi connectivity index (χ0n) is 19.1. The quantitative estimate of drug-likeness (QED) is 0.147. The SMILES string of the molecule is CC(C(=O)Oc1ccc(/C=C/c2cc(O)cc(O)c2)cc1)c1cccc(C(=O)c2ccccc2)c1. The second-order valence-corrected chi connectivity index (χ2v) is 8.15. The molecule has 1 atom stereocenters. The zero-order valence-corrected chi connectivity index (χ0v) is 19.1. The topological polar surface area (TPSA) is 83.8 Å². The van der Waals surface area contributed by atoms with Gasteiger partial charge in [-0.15, -0.1) is 0 Å². The molecule has 0 bridgehead atoms. The normalized spacial score (nSPS) is 11.8. The highest BCUT2D eigenvalue weighted by atomic mass is 16.5. The Kier molecular flexibility index (Phi) is 7.07. The summed E-state index contributed by atoms with van der Waals surface area (Å²) in [5.41, 5.74) is 3.32. The second-order valence-electron chi connectivity index (χ2n) is 8.15. The number of phenolic OH excluding ortho intramolecular Hbond substituents is 2. The van der Waals surface area contributed by atoms with Crippen molar-refractivity contribution in [3.8, 4) is 17.2 Å². The molecule has 0 saturated carbocycles. The molecule has 0 saturated heterocycles. The van der Waals surface area contributed by atoms with Crippen LogP contribution in [0, 0.1) is 0 Å². The Morgan fingerprint density at radius 1 is 0.714 bits per heavy atom. The molecule has 0 aliphatic rings. The van der Waals surface area contributed by atoms with E-state index in [-0.39, 0.29) is 17.3 Å². The number of phenols is 2. The summed E-state index contributed by atoms with van der Waals surface area (Å²) in [7, 11) is 0. The molecular weight excluding hydrogens is 440 g/mol. The van der Waals surface area contributed by atoms with Gasteiger partial charge in [0.1, 0.15) is 17.2 Å². The maximum Gasteiger partial charge on any atom is 0.318 e. The van der Waals surface area contributed by atoms with E-state index in [1.54, 1.807) is 73.7 Å². The van der Waals surface area contributed by atoms with Gasteiger partial charge < -0.3 is 14.9 Å². The average molecular weight is 465 g/mol. The third kappa shape index (κ3) is 6.03. The summed E-state index contributed by atoms with van der Waals surface area (Å²) in [4.78, 5) is 25.5. The molecule has 0 heterocycles. The Morgan fingerprint density at radius 3 is 2.03 bits per heavy atom. The van der Waals surface area contributed by atoms with Crippen LogP contribution < -0.4 is 4.74 Å². The Hall–Kier alpha value is -4.64. The summed E-state index contributed by atoms with van der Waals surface area (Å²) in [6.07, 6.45) is 3.57. The molecule has 4 rings (SSSR count). The number of hydrogen-bond acceptors (Lipinski definition) is 5. The van der Waals surface area contributed by atoms with Crippen molar-refractivity contribution in [3.05, 3.63) is 125 Å². The number of hydrogen-bond donors (Lipinski definition) is 2. The molecule has 5 nitrogen and oxygen atoms in total. The van der Waals surface area contributed by atoms with E-state index in [0.717, 1.165) is 5.56 Å². The lowest BCUT2D eigenvalue weighted by Gasteiger charge is -2.13. The largest absolute Gasteiger partial charge is 0.508 e.